The molecule has 0 unspecified atom stereocenters. The molecule has 1 amide bonds. The van der Waals surface area contributed by atoms with Crippen LogP contribution >= 0.6 is 0 Å². The predicted molar refractivity (Wildman–Crippen MR) is 66.7 cm³/mol. The van der Waals surface area contributed by atoms with Crippen molar-refractivity contribution in [2.45, 2.75) is 19.8 Å². The van der Waals surface area contributed by atoms with Crippen molar-refractivity contribution < 1.29 is 9.32 Å². The smallest absolute Gasteiger partial charge is 0.227 e. The summed E-state index contributed by atoms with van der Waals surface area (Å²) >= 11 is 0. The first-order chi connectivity index (χ1) is 8.79. The summed E-state index contributed by atoms with van der Waals surface area (Å²) in [5, 5.41) is 6.62. The molecule has 2 aromatic rings. The lowest BCUT2D eigenvalue weighted by Gasteiger charge is -1.98. The molecule has 0 atom stereocenters. The fourth-order valence-corrected chi connectivity index (χ4v) is 1.57. The molecule has 1 aromatic heterocycles. The Hall–Kier alpha value is -2.17. The number of carbonyl (C=O) groups excluding carboxylic acids is 1. The van der Waals surface area contributed by atoms with E-state index < -0.39 is 0 Å². The molecule has 0 bridgehead atoms. The largest absolute Gasteiger partial charge is 0.356 e. The van der Waals surface area contributed by atoms with Crippen LogP contribution in [0.4, 0.5) is 0 Å². The van der Waals surface area contributed by atoms with Gasteiger partial charge in [0.25, 0.3) is 0 Å². The average molecular weight is 245 g/mol. The molecule has 0 aliphatic rings. The molecule has 0 saturated heterocycles. The van der Waals surface area contributed by atoms with Gasteiger partial charge in [0.2, 0.25) is 17.6 Å². The van der Waals surface area contributed by atoms with E-state index in [0.717, 1.165) is 5.56 Å². The van der Waals surface area contributed by atoms with Gasteiger partial charge in [0.15, 0.2) is 0 Å². The van der Waals surface area contributed by atoms with Crippen LogP contribution in [-0.4, -0.2) is 22.6 Å². The summed E-state index contributed by atoms with van der Waals surface area (Å²) < 4.78 is 5.11. The van der Waals surface area contributed by atoms with E-state index in [0.29, 0.717) is 31.1 Å². The summed E-state index contributed by atoms with van der Waals surface area (Å²) in [6.07, 6.45) is 0.829. The second-order valence-electron chi connectivity index (χ2n) is 3.83. The zero-order chi connectivity index (χ0) is 12.8. The van der Waals surface area contributed by atoms with Gasteiger partial charge in [-0.05, 0) is 6.92 Å². The Kier molecular flexibility index (Phi) is 4.06. The molecule has 94 valence electrons. The molecule has 0 spiro atoms. The van der Waals surface area contributed by atoms with Gasteiger partial charge in [0.05, 0.1) is 0 Å². The van der Waals surface area contributed by atoms with Gasteiger partial charge in [-0.15, -0.1) is 0 Å². The highest BCUT2D eigenvalue weighted by Crippen LogP contribution is 2.15. The van der Waals surface area contributed by atoms with Gasteiger partial charge in [-0.2, -0.15) is 4.98 Å². The number of nitrogens with one attached hydrogen (secondary N) is 1. The van der Waals surface area contributed by atoms with Crippen LogP contribution in [0, 0.1) is 0 Å². The van der Waals surface area contributed by atoms with E-state index in [2.05, 4.69) is 15.5 Å². The molecule has 5 heteroatoms. The van der Waals surface area contributed by atoms with Crippen molar-refractivity contribution in [2.24, 2.45) is 0 Å². The lowest BCUT2D eigenvalue weighted by Crippen LogP contribution is -2.22. The maximum atomic E-state index is 11.3. The molecule has 18 heavy (non-hydrogen) atoms. The van der Waals surface area contributed by atoms with E-state index in [-0.39, 0.29) is 5.91 Å². The number of aromatic nitrogens is 2. The molecule has 1 N–H and O–H groups in total. The third-order valence-electron chi connectivity index (χ3n) is 2.44. The second kappa shape index (κ2) is 5.95. The van der Waals surface area contributed by atoms with Crippen molar-refractivity contribution in [2.75, 3.05) is 6.54 Å². The van der Waals surface area contributed by atoms with E-state index in [4.69, 9.17) is 4.52 Å². The highest BCUT2D eigenvalue weighted by molar-refractivity contribution is 5.75. The van der Waals surface area contributed by atoms with Crippen LogP contribution in [0.25, 0.3) is 11.4 Å². The summed E-state index contributed by atoms with van der Waals surface area (Å²) in [7, 11) is 0. The Bertz CT molecular complexity index is 508. The van der Waals surface area contributed by atoms with Crippen molar-refractivity contribution in [1.82, 2.24) is 15.5 Å². The number of rotatable bonds is 5. The Morgan fingerprint density at radius 1 is 1.33 bits per heavy atom. The number of amides is 1. The number of nitrogens with zero attached hydrogens (tertiary/aromatic N) is 2. The summed E-state index contributed by atoms with van der Waals surface area (Å²) in [6, 6.07) is 9.59. The van der Waals surface area contributed by atoms with Crippen molar-refractivity contribution in [3.63, 3.8) is 0 Å². The second-order valence-corrected chi connectivity index (χ2v) is 3.83. The summed E-state index contributed by atoms with van der Waals surface area (Å²) in [5.41, 5.74) is 0.908. The SMILES string of the molecule is CCNC(=O)CCc1nc(-c2ccccc2)no1. The van der Waals surface area contributed by atoms with Crippen molar-refractivity contribution in [3.05, 3.63) is 36.2 Å². The molecule has 0 radical (unpaired) electrons. The zero-order valence-corrected chi connectivity index (χ0v) is 10.2. The van der Waals surface area contributed by atoms with Crippen LogP contribution in [0.1, 0.15) is 19.2 Å². The standard InChI is InChI=1S/C13H15N3O2/c1-2-14-11(17)8-9-12-15-13(16-18-12)10-6-4-3-5-7-10/h3-7H,2,8-9H2,1H3,(H,14,17). The van der Waals surface area contributed by atoms with Crippen molar-refractivity contribution in [3.8, 4) is 11.4 Å². The lowest BCUT2D eigenvalue weighted by molar-refractivity contribution is -0.121. The summed E-state index contributed by atoms with van der Waals surface area (Å²) in [5.74, 6) is 1.04. The molecular formula is C13H15N3O2. The van der Waals surface area contributed by atoms with Crippen molar-refractivity contribution >= 4 is 5.91 Å². The van der Waals surface area contributed by atoms with Gasteiger partial charge in [-0.3, -0.25) is 4.79 Å². The Morgan fingerprint density at radius 2 is 2.11 bits per heavy atom. The zero-order valence-electron chi connectivity index (χ0n) is 10.2. The van der Waals surface area contributed by atoms with Gasteiger partial charge >= 0.3 is 0 Å². The van der Waals surface area contributed by atoms with E-state index in [1.165, 1.54) is 0 Å². The Labute approximate surface area is 105 Å². The molecule has 0 saturated carbocycles. The van der Waals surface area contributed by atoms with Gasteiger partial charge in [-0.1, -0.05) is 35.5 Å². The van der Waals surface area contributed by atoms with Crippen LogP contribution in [0.5, 0.6) is 0 Å². The normalized spacial score (nSPS) is 10.3. The van der Waals surface area contributed by atoms with Gasteiger partial charge in [0.1, 0.15) is 0 Å². The van der Waals surface area contributed by atoms with Crippen LogP contribution < -0.4 is 5.32 Å². The number of benzene rings is 1. The first-order valence-corrected chi connectivity index (χ1v) is 5.94. The first kappa shape index (κ1) is 12.3. The third-order valence-corrected chi connectivity index (χ3v) is 2.44. The Morgan fingerprint density at radius 3 is 2.83 bits per heavy atom. The molecule has 2 rings (SSSR count). The quantitative estimate of drug-likeness (QED) is 0.872. The minimum atomic E-state index is -0.00281. The van der Waals surface area contributed by atoms with E-state index in [1.807, 2.05) is 37.3 Å². The molecule has 0 fully saturated rings. The number of hydrogen-bond acceptors (Lipinski definition) is 4. The number of carbonyl (C=O) groups is 1. The topological polar surface area (TPSA) is 68.0 Å². The van der Waals surface area contributed by atoms with Crippen molar-refractivity contribution in [1.29, 1.82) is 0 Å². The summed E-state index contributed by atoms with van der Waals surface area (Å²) in [6.45, 7) is 2.52. The van der Waals surface area contributed by atoms with E-state index in [1.54, 1.807) is 0 Å². The molecule has 1 aromatic carbocycles. The lowest BCUT2D eigenvalue weighted by atomic mass is 10.2. The van der Waals surface area contributed by atoms with E-state index >= 15 is 0 Å². The highest BCUT2D eigenvalue weighted by atomic mass is 16.5. The highest BCUT2D eigenvalue weighted by Gasteiger charge is 2.09. The maximum absolute atomic E-state index is 11.3. The fraction of sp³-hybridized carbons (Fsp3) is 0.308. The fourth-order valence-electron chi connectivity index (χ4n) is 1.57. The predicted octanol–water partition coefficient (Wildman–Crippen LogP) is 1.81. The minimum Gasteiger partial charge on any atom is -0.356 e. The molecular weight excluding hydrogens is 230 g/mol. The van der Waals surface area contributed by atoms with Gasteiger partial charge in [-0.25, -0.2) is 0 Å². The Balaban J connectivity index is 1.97. The number of hydrogen-bond donors (Lipinski definition) is 1. The van der Waals surface area contributed by atoms with Gasteiger partial charge < -0.3 is 9.84 Å². The summed E-state index contributed by atoms with van der Waals surface area (Å²) in [4.78, 5) is 15.5. The average Bonchev–Trinajstić information content (AvgIpc) is 2.87. The molecule has 0 aliphatic heterocycles. The van der Waals surface area contributed by atoms with Crippen LogP contribution in [0.2, 0.25) is 0 Å². The third kappa shape index (κ3) is 3.16. The van der Waals surface area contributed by atoms with Crippen LogP contribution in [0.15, 0.2) is 34.9 Å². The first-order valence-electron chi connectivity index (χ1n) is 5.94. The number of aryl methyl sites for hydroxylation is 1. The maximum Gasteiger partial charge on any atom is 0.227 e. The monoisotopic (exact) mass is 245 g/mol. The molecule has 0 aliphatic carbocycles. The van der Waals surface area contributed by atoms with Crippen LogP contribution in [0.3, 0.4) is 0 Å². The molecule has 1 heterocycles. The molecule has 5 nitrogen and oxygen atoms in total. The van der Waals surface area contributed by atoms with Crippen LogP contribution in [-0.2, 0) is 11.2 Å². The van der Waals surface area contributed by atoms with Gasteiger partial charge in [0, 0.05) is 24.9 Å². The minimum absolute atomic E-state index is 0.00281. The van der Waals surface area contributed by atoms with E-state index in [9.17, 15) is 4.79 Å².